The third-order valence-corrected chi connectivity index (χ3v) is 5.21. The van der Waals surface area contributed by atoms with E-state index in [2.05, 4.69) is 46.7 Å². The van der Waals surface area contributed by atoms with Crippen molar-refractivity contribution in [2.45, 2.75) is 6.92 Å². The molecule has 2 heterocycles. The summed E-state index contributed by atoms with van der Waals surface area (Å²) in [6.45, 7) is 5.90. The van der Waals surface area contributed by atoms with E-state index in [9.17, 15) is 0 Å². The molecule has 2 aromatic heterocycles. The minimum atomic E-state index is 0.543. The third-order valence-electron chi connectivity index (χ3n) is 4.30. The molecule has 0 spiro atoms. The van der Waals surface area contributed by atoms with Crippen LogP contribution in [0.3, 0.4) is 0 Å². The molecular weight excluding hydrogens is 368 g/mol. The Hall–Kier alpha value is -3.42. The van der Waals surface area contributed by atoms with Gasteiger partial charge in [-0.1, -0.05) is 30.4 Å². The lowest BCUT2D eigenvalue weighted by atomic mass is 10.1. The topological polar surface area (TPSA) is 87.9 Å². The highest BCUT2D eigenvalue weighted by molar-refractivity contribution is 7.17. The van der Waals surface area contributed by atoms with Crippen LogP contribution in [0.15, 0.2) is 60.5 Å². The number of nitrogens with one attached hydrogen (secondary N) is 3. The van der Waals surface area contributed by atoms with E-state index in [0.29, 0.717) is 5.95 Å². The van der Waals surface area contributed by atoms with E-state index in [1.807, 2.05) is 41.8 Å². The SMILES string of the molecule is C=Cc1cc(Nc2nc(Nc3ccc(C)cc3)nc3ccsc23)ccc1NN. The molecule has 0 unspecified atom stereocenters. The van der Waals surface area contributed by atoms with E-state index in [0.717, 1.165) is 38.7 Å². The Balaban J connectivity index is 1.69. The second-order valence-corrected chi connectivity index (χ2v) is 7.21. The number of aryl methyl sites for hydroxylation is 1. The molecule has 4 rings (SSSR count). The fourth-order valence-electron chi connectivity index (χ4n) is 2.85. The van der Waals surface area contributed by atoms with Crippen molar-refractivity contribution >= 4 is 56.5 Å². The van der Waals surface area contributed by atoms with Gasteiger partial charge in [-0.05, 0) is 48.7 Å². The van der Waals surface area contributed by atoms with Crippen LogP contribution in [0.4, 0.5) is 28.8 Å². The molecule has 6 nitrogen and oxygen atoms in total. The molecule has 28 heavy (non-hydrogen) atoms. The van der Waals surface area contributed by atoms with Gasteiger partial charge in [0.2, 0.25) is 5.95 Å². The van der Waals surface area contributed by atoms with Crippen molar-refractivity contribution < 1.29 is 0 Å². The van der Waals surface area contributed by atoms with Crippen molar-refractivity contribution in [3.05, 3.63) is 71.6 Å². The largest absolute Gasteiger partial charge is 0.339 e. The van der Waals surface area contributed by atoms with Crippen LogP contribution >= 0.6 is 11.3 Å². The summed E-state index contributed by atoms with van der Waals surface area (Å²) in [5.74, 6) is 6.84. The first kappa shape index (κ1) is 18.0. The maximum Gasteiger partial charge on any atom is 0.229 e. The van der Waals surface area contributed by atoms with Gasteiger partial charge in [-0.25, -0.2) is 4.98 Å². The average molecular weight is 389 g/mol. The number of nitrogens with zero attached hydrogens (tertiary/aromatic N) is 2. The summed E-state index contributed by atoms with van der Waals surface area (Å²) in [6.07, 6.45) is 1.76. The van der Waals surface area contributed by atoms with Crippen molar-refractivity contribution in [2.75, 3.05) is 16.1 Å². The second kappa shape index (κ2) is 7.67. The summed E-state index contributed by atoms with van der Waals surface area (Å²) in [5.41, 5.74) is 8.32. The lowest BCUT2D eigenvalue weighted by molar-refractivity contribution is 1.22. The minimum absolute atomic E-state index is 0.543. The maximum atomic E-state index is 5.55. The maximum absolute atomic E-state index is 5.55. The van der Waals surface area contributed by atoms with Crippen molar-refractivity contribution in [1.29, 1.82) is 0 Å². The average Bonchev–Trinajstić information content (AvgIpc) is 3.18. The molecule has 7 heteroatoms. The van der Waals surface area contributed by atoms with Crippen LogP contribution in [0.2, 0.25) is 0 Å². The van der Waals surface area contributed by atoms with Crippen molar-refractivity contribution in [3.8, 4) is 0 Å². The van der Waals surface area contributed by atoms with Gasteiger partial charge in [-0.3, -0.25) is 5.84 Å². The van der Waals surface area contributed by atoms with Gasteiger partial charge in [0.25, 0.3) is 0 Å². The highest BCUT2D eigenvalue weighted by atomic mass is 32.1. The zero-order chi connectivity index (χ0) is 19.5. The molecule has 0 amide bonds. The van der Waals surface area contributed by atoms with E-state index in [-0.39, 0.29) is 0 Å². The first-order valence-electron chi connectivity index (χ1n) is 8.75. The Morgan fingerprint density at radius 2 is 1.79 bits per heavy atom. The van der Waals surface area contributed by atoms with Gasteiger partial charge in [0.15, 0.2) is 5.82 Å². The number of thiophene rings is 1. The van der Waals surface area contributed by atoms with Gasteiger partial charge in [-0.2, -0.15) is 4.98 Å². The number of fused-ring (bicyclic) bond motifs is 1. The first-order valence-corrected chi connectivity index (χ1v) is 9.63. The summed E-state index contributed by atoms with van der Waals surface area (Å²) in [4.78, 5) is 9.32. The molecule has 0 aliphatic rings. The number of nitrogen functional groups attached to an aromatic ring is 1. The monoisotopic (exact) mass is 388 g/mol. The Kier molecular flexibility index (Phi) is 4.92. The van der Waals surface area contributed by atoms with Crippen LogP contribution < -0.4 is 21.9 Å². The van der Waals surface area contributed by atoms with Gasteiger partial charge in [0, 0.05) is 16.9 Å². The highest BCUT2D eigenvalue weighted by Gasteiger charge is 2.11. The molecule has 0 bridgehead atoms. The molecule has 0 atom stereocenters. The minimum Gasteiger partial charge on any atom is -0.339 e. The molecule has 0 radical (unpaired) electrons. The predicted molar refractivity (Wildman–Crippen MR) is 120 cm³/mol. The Bertz CT molecular complexity index is 1130. The van der Waals surface area contributed by atoms with Crippen molar-refractivity contribution in [1.82, 2.24) is 9.97 Å². The fraction of sp³-hybridized carbons (Fsp3) is 0.0476. The number of benzene rings is 2. The van der Waals surface area contributed by atoms with E-state index in [4.69, 9.17) is 10.8 Å². The Morgan fingerprint density at radius 3 is 2.54 bits per heavy atom. The van der Waals surface area contributed by atoms with E-state index in [1.54, 1.807) is 17.4 Å². The molecule has 0 aliphatic heterocycles. The van der Waals surface area contributed by atoms with Gasteiger partial charge < -0.3 is 16.1 Å². The van der Waals surface area contributed by atoms with Gasteiger partial charge >= 0.3 is 0 Å². The number of hydrogen-bond donors (Lipinski definition) is 4. The first-order chi connectivity index (χ1) is 13.7. The quantitative estimate of drug-likeness (QED) is 0.261. The summed E-state index contributed by atoms with van der Waals surface area (Å²) >= 11 is 1.60. The zero-order valence-corrected chi connectivity index (χ0v) is 16.2. The second-order valence-electron chi connectivity index (χ2n) is 6.30. The van der Waals surface area contributed by atoms with Gasteiger partial charge in [0.1, 0.15) is 0 Å². The summed E-state index contributed by atoms with van der Waals surface area (Å²) in [6, 6.07) is 15.9. The van der Waals surface area contributed by atoms with Crippen molar-refractivity contribution in [2.24, 2.45) is 5.84 Å². The fourth-order valence-corrected chi connectivity index (χ4v) is 3.62. The molecule has 0 saturated heterocycles. The zero-order valence-electron chi connectivity index (χ0n) is 15.4. The van der Waals surface area contributed by atoms with Crippen LogP contribution in [0.5, 0.6) is 0 Å². The van der Waals surface area contributed by atoms with Crippen LogP contribution in [0.1, 0.15) is 11.1 Å². The summed E-state index contributed by atoms with van der Waals surface area (Å²) < 4.78 is 0.996. The smallest absolute Gasteiger partial charge is 0.229 e. The van der Waals surface area contributed by atoms with Gasteiger partial charge in [0.05, 0.1) is 15.9 Å². The van der Waals surface area contributed by atoms with E-state index >= 15 is 0 Å². The molecule has 4 aromatic rings. The molecule has 140 valence electrons. The molecule has 2 aromatic carbocycles. The normalized spacial score (nSPS) is 10.6. The number of aromatic nitrogens is 2. The standard InChI is InChI=1S/C21H20N6S/c1-3-14-12-16(8-9-17(14)27-22)23-20-19-18(10-11-28-19)25-21(26-20)24-15-6-4-13(2)5-7-15/h3-12,27H,1,22H2,2H3,(H2,23,24,25,26). The third kappa shape index (κ3) is 3.66. The molecule has 5 N–H and O–H groups in total. The van der Waals surface area contributed by atoms with E-state index < -0.39 is 0 Å². The number of hydrogen-bond acceptors (Lipinski definition) is 7. The van der Waals surface area contributed by atoms with Crippen LogP contribution in [-0.2, 0) is 0 Å². The Morgan fingerprint density at radius 1 is 1.00 bits per heavy atom. The van der Waals surface area contributed by atoms with Gasteiger partial charge in [-0.15, -0.1) is 11.3 Å². The summed E-state index contributed by atoms with van der Waals surface area (Å²) in [7, 11) is 0. The van der Waals surface area contributed by atoms with E-state index in [1.165, 1.54) is 5.56 Å². The van der Waals surface area contributed by atoms with Crippen LogP contribution in [0.25, 0.3) is 16.3 Å². The summed E-state index contributed by atoms with van der Waals surface area (Å²) in [5, 5.41) is 8.69. The van der Waals surface area contributed by atoms with Crippen LogP contribution in [0, 0.1) is 6.92 Å². The van der Waals surface area contributed by atoms with Crippen molar-refractivity contribution in [3.63, 3.8) is 0 Å². The lowest BCUT2D eigenvalue weighted by Gasteiger charge is -2.12. The molecule has 0 aliphatic carbocycles. The molecule has 0 fully saturated rings. The molecule has 0 saturated carbocycles. The lowest BCUT2D eigenvalue weighted by Crippen LogP contribution is -2.08. The van der Waals surface area contributed by atoms with Crippen LogP contribution in [-0.4, -0.2) is 9.97 Å². The molecular formula is C21H20N6S. The Labute approximate surface area is 167 Å². The predicted octanol–water partition coefficient (Wildman–Crippen LogP) is 5.42. The number of hydrazine groups is 1. The number of rotatable bonds is 6. The number of anilines is 5. The number of nitrogens with two attached hydrogens (primary N) is 1. The highest BCUT2D eigenvalue weighted by Crippen LogP contribution is 2.31.